The van der Waals surface area contributed by atoms with Gasteiger partial charge in [-0.25, -0.2) is 0 Å². The van der Waals surface area contributed by atoms with E-state index in [0.717, 1.165) is 5.54 Å². The minimum absolute atomic E-state index is 0.762. The normalized spacial score (nSPS) is 14.2. The average Bonchev–Trinajstić information content (AvgIpc) is 2.06. The second kappa shape index (κ2) is 6.86. The Morgan fingerprint density at radius 3 is 1.75 bits per heavy atom. The zero-order valence-corrected chi connectivity index (χ0v) is 11.6. The lowest BCUT2D eigenvalue weighted by molar-refractivity contribution is 0.561. The Morgan fingerprint density at radius 1 is 1.00 bits per heavy atom. The van der Waals surface area contributed by atoms with Crippen LogP contribution in [0.5, 0.6) is 0 Å². The first-order valence-corrected chi connectivity index (χ1v) is 9.36. The van der Waals surface area contributed by atoms with Gasteiger partial charge in [-0.1, -0.05) is 34.6 Å². The summed E-state index contributed by atoms with van der Waals surface area (Å²) < 4.78 is 6.24. The van der Waals surface area contributed by atoms with Gasteiger partial charge in [0.05, 0.1) is 0 Å². The van der Waals surface area contributed by atoms with E-state index in [1.807, 2.05) is 0 Å². The van der Waals surface area contributed by atoms with E-state index < -0.39 is 18.1 Å². The zero-order valence-electron chi connectivity index (χ0n) is 9.26. The van der Waals surface area contributed by atoms with E-state index in [1.54, 1.807) is 0 Å². The first-order chi connectivity index (χ1) is 5.65. The van der Waals surface area contributed by atoms with Crippen LogP contribution in [0.1, 0.15) is 34.6 Å². The van der Waals surface area contributed by atoms with Crippen LogP contribution in [0, 0.1) is 0 Å². The first kappa shape index (κ1) is 12.4. The maximum absolute atomic E-state index is 6.24. The third-order valence-electron chi connectivity index (χ3n) is 2.42. The number of hydrogen-bond acceptors (Lipinski definition) is 1. The summed E-state index contributed by atoms with van der Waals surface area (Å²) in [4.78, 5) is 0. The maximum atomic E-state index is 6.24. The first-order valence-electron chi connectivity index (χ1n) is 5.31. The number of hydrogen-bond donors (Lipinski definition) is 0. The third kappa shape index (κ3) is 4.43. The Kier molecular flexibility index (Phi) is 7.09. The fraction of sp³-hybridized carbons (Fsp3) is 1.00. The van der Waals surface area contributed by atoms with Crippen LogP contribution in [-0.4, -0.2) is 18.1 Å². The van der Waals surface area contributed by atoms with Crippen LogP contribution in [0.4, 0.5) is 0 Å². The molecule has 0 aliphatic rings. The molecule has 0 aromatic carbocycles. The Labute approximate surface area is 81.0 Å². The van der Waals surface area contributed by atoms with E-state index in [-0.39, 0.29) is 0 Å². The molecule has 0 radical (unpaired) electrons. The van der Waals surface area contributed by atoms with Crippen molar-refractivity contribution in [3.8, 4) is 0 Å². The van der Waals surface area contributed by atoms with Crippen LogP contribution in [0.25, 0.3) is 0 Å². The zero-order chi connectivity index (χ0) is 9.56. The summed E-state index contributed by atoms with van der Waals surface area (Å²) in [5.41, 5.74) is 0.822. The summed E-state index contributed by atoms with van der Waals surface area (Å²) >= 11 is 0. The van der Waals surface area contributed by atoms with Crippen LogP contribution in [0.2, 0.25) is 23.7 Å². The summed E-state index contributed by atoms with van der Waals surface area (Å²) in [7, 11) is -1.58. The predicted molar refractivity (Wildman–Crippen MR) is 61.9 cm³/mol. The van der Waals surface area contributed by atoms with Gasteiger partial charge in [-0.3, -0.25) is 0 Å². The second-order valence-corrected chi connectivity index (χ2v) is 11.0. The summed E-state index contributed by atoms with van der Waals surface area (Å²) in [5, 5.41) is 0. The van der Waals surface area contributed by atoms with E-state index in [4.69, 9.17) is 4.12 Å². The van der Waals surface area contributed by atoms with E-state index in [1.165, 1.54) is 18.1 Å². The molecule has 0 heterocycles. The summed E-state index contributed by atoms with van der Waals surface area (Å²) in [6.07, 6.45) is 0. The standard InChI is InChI=1S/C9H24OSi2/c1-6-11(7-2)10-12(8-3)9(4)5/h9,11-12H,6-8H2,1-5H3. The van der Waals surface area contributed by atoms with Crippen LogP contribution in [0.15, 0.2) is 0 Å². The lowest BCUT2D eigenvalue weighted by Gasteiger charge is -2.23. The molecule has 3 heteroatoms. The summed E-state index contributed by atoms with van der Waals surface area (Å²) in [5.74, 6) is 0. The Hall–Kier alpha value is 0.394. The van der Waals surface area contributed by atoms with E-state index >= 15 is 0 Å². The summed E-state index contributed by atoms with van der Waals surface area (Å²) in [6.45, 7) is 11.5. The molecule has 0 aromatic rings. The van der Waals surface area contributed by atoms with Gasteiger partial charge in [0.2, 0.25) is 0 Å². The SMILES string of the molecule is CC[SiH](CC)O[SiH](CC)C(C)C. The van der Waals surface area contributed by atoms with Crippen molar-refractivity contribution in [3.63, 3.8) is 0 Å². The fourth-order valence-electron chi connectivity index (χ4n) is 1.45. The molecule has 0 aliphatic carbocycles. The lowest BCUT2D eigenvalue weighted by Crippen LogP contribution is -2.29. The van der Waals surface area contributed by atoms with Gasteiger partial charge in [0.25, 0.3) is 0 Å². The Balaban J connectivity index is 3.82. The van der Waals surface area contributed by atoms with Crippen molar-refractivity contribution in [3.05, 3.63) is 0 Å². The molecule has 1 nitrogen and oxygen atoms in total. The molecule has 1 atom stereocenters. The van der Waals surface area contributed by atoms with Crippen LogP contribution >= 0.6 is 0 Å². The van der Waals surface area contributed by atoms with Crippen molar-refractivity contribution in [2.24, 2.45) is 0 Å². The van der Waals surface area contributed by atoms with Crippen LogP contribution < -0.4 is 0 Å². The molecule has 0 aliphatic heterocycles. The van der Waals surface area contributed by atoms with Gasteiger partial charge in [0.1, 0.15) is 0 Å². The molecule has 0 amide bonds. The van der Waals surface area contributed by atoms with E-state index in [2.05, 4.69) is 34.6 Å². The monoisotopic (exact) mass is 204 g/mol. The number of rotatable bonds is 6. The third-order valence-corrected chi connectivity index (χ3v) is 9.48. The Bertz CT molecular complexity index is 103. The minimum Gasteiger partial charge on any atom is -0.460 e. The molecular formula is C9H24OSi2. The predicted octanol–water partition coefficient (Wildman–Crippen LogP) is 2.92. The highest BCUT2D eigenvalue weighted by Crippen LogP contribution is 2.15. The van der Waals surface area contributed by atoms with Gasteiger partial charge in [0.15, 0.2) is 18.1 Å². The molecule has 1 unspecified atom stereocenters. The van der Waals surface area contributed by atoms with E-state index in [9.17, 15) is 0 Å². The van der Waals surface area contributed by atoms with Crippen LogP contribution in [-0.2, 0) is 4.12 Å². The van der Waals surface area contributed by atoms with Crippen molar-refractivity contribution >= 4 is 18.1 Å². The van der Waals surface area contributed by atoms with E-state index in [0.29, 0.717) is 0 Å². The lowest BCUT2D eigenvalue weighted by atomic mass is 10.6. The van der Waals surface area contributed by atoms with Gasteiger partial charge < -0.3 is 4.12 Å². The van der Waals surface area contributed by atoms with Crippen molar-refractivity contribution in [2.45, 2.75) is 58.3 Å². The van der Waals surface area contributed by atoms with Gasteiger partial charge in [-0.2, -0.15) is 0 Å². The molecular weight excluding hydrogens is 180 g/mol. The molecule has 0 saturated carbocycles. The fourth-order valence-corrected chi connectivity index (χ4v) is 8.52. The quantitative estimate of drug-likeness (QED) is 0.605. The molecule has 0 fully saturated rings. The molecule has 0 aromatic heterocycles. The van der Waals surface area contributed by atoms with Gasteiger partial charge >= 0.3 is 0 Å². The van der Waals surface area contributed by atoms with Gasteiger partial charge in [0, 0.05) is 0 Å². The Morgan fingerprint density at radius 2 is 1.50 bits per heavy atom. The van der Waals surface area contributed by atoms with Gasteiger partial charge in [-0.15, -0.1) is 0 Å². The molecule has 0 spiro atoms. The van der Waals surface area contributed by atoms with Crippen molar-refractivity contribution in [2.75, 3.05) is 0 Å². The molecule has 12 heavy (non-hydrogen) atoms. The molecule has 0 N–H and O–H groups in total. The highest BCUT2D eigenvalue weighted by atomic mass is 28.4. The molecule has 0 bridgehead atoms. The van der Waals surface area contributed by atoms with Crippen molar-refractivity contribution in [1.29, 1.82) is 0 Å². The average molecular weight is 204 g/mol. The van der Waals surface area contributed by atoms with Crippen molar-refractivity contribution < 1.29 is 4.12 Å². The largest absolute Gasteiger partial charge is 0.460 e. The maximum Gasteiger partial charge on any atom is 0.165 e. The molecule has 74 valence electrons. The second-order valence-electron chi connectivity index (χ2n) is 3.77. The highest BCUT2D eigenvalue weighted by Gasteiger charge is 2.18. The smallest absolute Gasteiger partial charge is 0.165 e. The molecule has 0 saturated heterocycles. The van der Waals surface area contributed by atoms with Crippen molar-refractivity contribution in [1.82, 2.24) is 0 Å². The highest BCUT2D eigenvalue weighted by molar-refractivity contribution is 6.66. The topological polar surface area (TPSA) is 9.23 Å². The molecule has 0 rings (SSSR count). The minimum atomic E-state index is -0.818. The van der Waals surface area contributed by atoms with Crippen LogP contribution in [0.3, 0.4) is 0 Å². The van der Waals surface area contributed by atoms with Gasteiger partial charge in [-0.05, 0) is 23.7 Å². The summed E-state index contributed by atoms with van der Waals surface area (Å²) in [6, 6.07) is 3.93.